The first-order valence-electron chi connectivity index (χ1n) is 11.4. The minimum absolute atomic E-state index is 0.0570. The van der Waals surface area contributed by atoms with Crippen LogP contribution in [-0.2, 0) is 28.5 Å². The number of esters is 2. The highest BCUT2D eigenvalue weighted by molar-refractivity contribution is 6.31. The zero-order chi connectivity index (χ0) is 25.3. The zero-order valence-electron chi connectivity index (χ0n) is 20.5. The van der Waals surface area contributed by atoms with E-state index in [9.17, 15) is 9.59 Å². The molecule has 0 saturated carbocycles. The number of hydrogen-bond acceptors (Lipinski definition) is 8. The molecule has 188 valence electrons. The number of ether oxygens (including phenoxy) is 4. The van der Waals surface area contributed by atoms with E-state index in [4.69, 9.17) is 36.3 Å². The smallest absolute Gasteiger partial charge is 0.336 e. The Morgan fingerprint density at radius 3 is 2.06 bits per heavy atom. The Morgan fingerprint density at radius 2 is 1.56 bits per heavy atom. The first kappa shape index (κ1) is 27.9. The van der Waals surface area contributed by atoms with Crippen molar-refractivity contribution < 1.29 is 28.5 Å². The Hall–Kier alpha value is -2.39. The first-order valence-corrected chi connectivity index (χ1v) is 11.8. The number of carbonyl (C=O) groups excluding carboxylic acids is 2. The highest BCUT2D eigenvalue weighted by Crippen LogP contribution is 2.42. The fourth-order valence-electron chi connectivity index (χ4n) is 3.50. The SMILES string of the molecule is CCOC(=O)C1=C(COCCN)NC(COC(C)(C)C)=C(C(=O)OCC)C1c1ccccc1Cl. The van der Waals surface area contributed by atoms with Gasteiger partial charge in [0.1, 0.15) is 0 Å². The van der Waals surface area contributed by atoms with Gasteiger partial charge in [0.25, 0.3) is 0 Å². The molecule has 1 aromatic rings. The van der Waals surface area contributed by atoms with Crippen molar-refractivity contribution in [3.8, 4) is 0 Å². The van der Waals surface area contributed by atoms with Gasteiger partial charge in [-0.05, 0) is 46.2 Å². The van der Waals surface area contributed by atoms with Gasteiger partial charge in [0.2, 0.25) is 0 Å². The summed E-state index contributed by atoms with van der Waals surface area (Å²) >= 11 is 6.57. The first-order chi connectivity index (χ1) is 16.1. The van der Waals surface area contributed by atoms with Crippen molar-refractivity contribution in [2.24, 2.45) is 5.73 Å². The summed E-state index contributed by atoms with van der Waals surface area (Å²) in [5.74, 6) is -2.00. The normalized spacial score (nSPS) is 16.4. The Morgan fingerprint density at radius 1 is 1.00 bits per heavy atom. The molecule has 1 atom stereocenters. The third kappa shape index (κ3) is 7.30. The Balaban J connectivity index is 2.77. The zero-order valence-corrected chi connectivity index (χ0v) is 21.3. The average Bonchev–Trinajstić information content (AvgIpc) is 2.77. The molecule has 1 aliphatic rings. The van der Waals surface area contributed by atoms with E-state index < -0.39 is 23.5 Å². The van der Waals surface area contributed by atoms with E-state index >= 15 is 0 Å². The predicted molar refractivity (Wildman–Crippen MR) is 130 cm³/mol. The second-order valence-corrected chi connectivity index (χ2v) is 8.95. The fraction of sp³-hybridized carbons (Fsp3) is 0.520. The standard InChI is InChI=1S/C25H35ClN2O6/c1-6-32-23(29)21-18(14-31-13-12-27)28-19(15-34-25(3,4)5)22(24(30)33-7-2)20(21)16-10-8-9-11-17(16)26/h8-11,20,28H,6-7,12-15,27H2,1-5H3. The lowest BCUT2D eigenvalue weighted by Gasteiger charge is -2.33. The molecule has 8 nitrogen and oxygen atoms in total. The highest BCUT2D eigenvalue weighted by atomic mass is 35.5. The van der Waals surface area contributed by atoms with E-state index in [2.05, 4.69) is 5.32 Å². The molecule has 1 aromatic carbocycles. The van der Waals surface area contributed by atoms with E-state index in [-0.39, 0.29) is 37.6 Å². The number of nitrogens with two attached hydrogens (primary N) is 1. The molecule has 0 saturated heterocycles. The monoisotopic (exact) mass is 494 g/mol. The van der Waals surface area contributed by atoms with Gasteiger partial charge in [0.15, 0.2) is 0 Å². The summed E-state index contributed by atoms with van der Waals surface area (Å²) in [6.07, 6.45) is 0. The van der Waals surface area contributed by atoms with Crippen LogP contribution in [0.5, 0.6) is 0 Å². The lowest BCUT2D eigenvalue weighted by molar-refractivity contribution is -0.139. The molecular weight excluding hydrogens is 460 g/mol. The van der Waals surface area contributed by atoms with Crippen molar-refractivity contribution in [2.75, 3.05) is 39.6 Å². The van der Waals surface area contributed by atoms with Gasteiger partial charge in [-0.2, -0.15) is 0 Å². The predicted octanol–water partition coefficient (Wildman–Crippen LogP) is 3.45. The molecule has 1 unspecified atom stereocenters. The van der Waals surface area contributed by atoms with Crippen LogP contribution in [0.25, 0.3) is 0 Å². The largest absolute Gasteiger partial charge is 0.463 e. The summed E-state index contributed by atoms with van der Waals surface area (Å²) in [5.41, 5.74) is 7.07. The van der Waals surface area contributed by atoms with Crippen LogP contribution >= 0.6 is 11.6 Å². The molecule has 0 bridgehead atoms. The van der Waals surface area contributed by atoms with Crippen molar-refractivity contribution in [3.05, 3.63) is 57.4 Å². The Kier molecular flexibility index (Phi) is 10.6. The van der Waals surface area contributed by atoms with Crippen molar-refractivity contribution >= 4 is 23.5 Å². The summed E-state index contributed by atoms with van der Waals surface area (Å²) in [5, 5.41) is 3.61. The van der Waals surface area contributed by atoms with Gasteiger partial charge in [-0.1, -0.05) is 29.8 Å². The minimum Gasteiger partial charge on any atom is -0.463 e. The van der Waals surface area contributed by atoms with Gasteiger partial charge in [-0.25, -0.2) is 9.59 Å². The van der Waals surface area contributed by atoms with Crippen molar-refractivity contribution in [1.82, 2.24) is 5.32 Å². The number of rotatable bonds is 11. The summed E-state index contributed by atoms with van der Waals surface area (Å²) < 4.78 is 22.4. The molecule has 0 amide bonds. The van der Waals surface area contributed by atoms with Gasteiger partial charge < -0.3 is 30.0 Å². The van der Waals surface area contributed by atoms with Crippen LogP contribution in [0, 0.1) is 0 Å². The molecule has 34 heavy (non-hydrogen) atoms. The average molecular weight is 495 g/mol. The lowest BCUT2D eigenvalue weighted by Crippen LogP contribution is -2.38. The van der Waals surface area contributed by atoms with Crippen LogP contribution in [0.1, 0.15) is 46.1 Å². The number of hydrogen-bond donors (Lipinski definition) is 2. The second-order valence-electron chi connectivity index (χ2n) is 8.55. The summed E-state index contributed by atoms with van der Waals surface area (Å²) in [6, 6.07) is 7.06. The van der Waals surface area contributed by atoms with Gasteiger partial charge in [-0.15, -0.1) is 0 Å². The van der Waals surface area contributed by atoms with Gasteiger partial charge in [0.05, 0.1) is 67.1 Å². The van der Waals surface area contributed by atoms with Crippen LogP contribution in [0.2, 0.25) is 5.02 Å². The Labute approximate surface area is 206 Å². The molecule has 1 heterocycles. The van der Waals surface area contributed by atoms with E-state index in [1.54, 1.807) is 38.1 Å². The molecule has 9 heteroatoms. The quantitative estimate of drug-likeness (QED) is 0.355. The number of halogens is 1. The lowest BCUT2D eigenvalue weighted by atomic mass is 9.80. The summed E-state index contributed by atoms with van der Waals surface area (Å²) in [7, 11) is 0. The van der Waals surface area contributed by atoms with Crippen LogP contribution in [-0.4, -0.2) is 57.1 Å². The third-order valence-corrected chi connectivity index (χ3v) is 5.24. The van der Waals surface area contributed by atoms with E-state index in [0.717, 1.165) is 0 Å². The maximum absolute atomic E-state index is 13.3. The summed E-state index contributed by atoms with van der Waals surface area (Å²) in [6.45, 7) is 10.2. The molecule has 0 radical (unpaired) electrons. The topological polar surface area (TPSA) is 109 Å². The van der Waals surface area contributed by atoms with Crippen molar-refractivity contribution in [1.29, 1.82) is 0 Å². The summed E-state index contributed by atoms with van der Waals surface area (Å²) in [4.78, 5) is 26.5. The minimum atomic E-state index is -0.844. The van der Waals surface area contributed by atoms with Crippen LogP contribution in [0.3, 0.4) is 0 Å². The number of carbonyl (C=O) groups is 2. The molecular formula is C25H35ClN2O6. The van der Waals surface area contributed by atoms with E-state index in [0.29, 0.717) is 35.1 Å². The van der Waals surface area contributed by atoms with Crippen LogP contribution in [0.4, 0.5) is 0 Å². The molecule has 0 aliphatic carbocycles. The highest BCUT2D eigenvalue weighted by Gasteiger charge is 2.41. The maximum atomic E-state index is 13.3. The fourth-order valence-corrected chi connectivity index (χ4v) is 3.75. The molecule has 0 aromatic heterocycles. The third-order valence-electron chi connectivity index (χ3n) is 4.89. The van der Waals surface area contributed by atoms with Crippen molar-refractivity contribution in [3.63, 3.8) is 0 Å². The molecule has 0 spiro atoms. The van der Waals surface area contributed by atoms with E-state index in [1.165, 1.54) is 0 Å². The Bertz CT molecular complexity index is 936. The van der Waals surface area contributed by atoms with Gasteiger partial charge >= 0.3 is 11.9 Å². The van der Waals surface area contributed by atoms with Crippen LogP contribution < -0.4 is 11.1 Å². The van der Waals surface area contributed by atoms with Crippen LogP contribution in [0.15, 0.2) is 46.8 Å². The van der Waals surface area contributed by atoms with E-state index in [1.807, 2.05) is 20.8 Å². The maximum Gasteiger partial charge on any atom is 0.336 e. The molecule has 2 rings (SSSR count). The number of benzene rings is 1. The number of nitrogens with one attached hydrogen (secondary N) is 1. The second kappa shape index (κ2) is 12.9. The molecule has 0 fully saturated rings. The van der Waals surface area contributed by atoms with Gasteiger partial charge in [0, 0.05) is 11.6 Å². The van der Waals surface area contributed by atoms with Gasteiger partial charge in [-0.3, -0.25) is 0 Å². The van der Waals surface area contributed by atoms with Crippen molar-refractivity contribution in [2.45, 2.75) is 46.1 Å². The number of dihydropyridines is 1. The molecule has 1 aliphatic heterocycles. The molecule has 3 N–H and O–H groups in total.